The number of carbonyl (C=O) groups is 2. The molecule has 1 saturated heterocycles. The van der Waals surface area contributed by atoms with Gasteiger partial charge in [-0.1, -0.05) is 0 Å². The lowest BCUT2D eigenvalue weighted by atomic mass is 9.96. The third-order valence-corrected chi connectivity index (χ3v) is 6.41. The smallest absolute Gasteiger partial charge is 0.341 e. The largest absolute Gasteiger partial charge is 0.465 e. The van der Waals surface area contributed by atoms with E-state index >= 15 is 0 Å². The molecule has 192 valence electrons. The predicted octanol–water partition coefficient (Wildman–Crippen LogP) is -2.02. The van der Waals surface area contributed by atoms with Gasteiger partial charge in [0.15, 0.2) is 6.23 Å². The van der Waals surface area contributed by atoms with Gasteiger partial charge in [0, 0.05) is 12.3 Å². The van der Waals surface area contributed by atoms with Crippen LogP contribution >= 0.6 is 7.67 Å². The summed E-state index contributed by atoms with van der Waals surface area (Å²) in [4.78, 5) is 48.7. The van der Waals surface area contributed by atoms with E-state index < -0.39 is 74.6 Å². The summed E-state index contributed by atoms with van der Waals surface area (Å²) < 4.78 is 34.4. The highest BCUT2D eigenvalue weighted by Gasteiger charge is 2.53. The van der Waals surface area contributed by atoms with Crippen LogP contribution in [-0.2, 0) is 32.9 Å². The molecule has 0 aromatic carbocycles. The number of ether oxygens (including phenoxy) is 3. The molecule has 1 aromatic heterocycles. The van der Waals surface area contributed by atoms with Crippen molar-refractivity contribution in [2.24, 2.45) is 0 Å². The van der Waals surface area contributed by atoms with Gasteiger partial charge >= 0.3 is 25.3 Å². The maximum atomic E-state index is 13.1. The number of aromatic amines is 1. The third-order valence-electron chi connectivity index (χ3n) is 4.75. The summed E-state index contributed by atoms with van der Waals surface area (Å²) in [5.41, 5.74) is -3.55. The molecule has 2 rings (SSSR count). The predicted molar refractivity (Wildman–Crippen MR) is 115 cm³/mol. The number of carbonyl (C=O) groups excluding carboxylic acids is 2. The second-order valence-corrected chi connectivity index (χ2v) is 9.34. The van der Waals surface area contributed by atoms with E-state index in [1.807, 2.05) is 4.98 Å². The molecule has 4 atom stereocenters. The topological polar surface area (TPSA) is 208 Å². The van der Waals surface area contributed by atoms with Gasteiger partial charge in [-0.05, 0) is 20.8 Å². The zero-order valence-electron chi connectivity index (χ0n) is 18.9. The normalized spacial score (nSPS) is 24.7. The van der Waals surface area contributed by atoms with Gasteiger partial charge < -0.3 is 28.9 Å². The molecule has 0 bridgehead atoms. The van der Waals surface area contributed by atoms with Crippen LogP contribution in [0.25, 0.3) is 0 Å². The molecule has 1 aliphatic heterocycles. The number of hydrogen-bond donors (Lipinski definition) is 5. The van der Waals surface area contributed by atoms with Gasteiger partial charge in [-0.25, -0.2) is 15.0 Å². The van der Waals surface area contributed by atoms with Gasteiger partial charge in [0.05, 0.1) is 19.8 Å². The van der Waals surface area contributed by atoms with Crippen molar-refractivity contribution in [1.29, 1.82) is 0 Å². The Labute approximate surface area is 193 Å². The lowest BCUT2D eigenvalue weighted by Crippen LogP contribution is -2.47. The maximum absolute atomic E-state index is 13.1. The summed E-state index contributed by atoms with van der Waals surface area (Å²) in [5, 5.41) is 26.0. The second kappa shape index (κ2) is 11.8. The minimum absolute atomic E-state index is 0.0879. The van der Waals surface area contributed by atoms with Crippen molar-refractivity contribution in [3.63, 3.8) is 0 Å². The van der Waals surface area contributed by atoms with Crippen LogP contribution in [0.2, 0.25) is 0 Å². The molecule has 1 aliphatic rings. The number of esters is 2. The van der Waals surface area contributed by atoms with Crippen molar-refractivity contribution in [2.45, 2.75) is 44.8 Å². The molecule has 0 radical (unpaired) electrons. The third kappa shape index (κ3) is 7.06. The SMILES string of the molecule is CCOC(=O)CNP(=O)(NCC(=O)OCC)OC[C@H]1O[C@@H](n2ccc(=O)[nH]c2=O)[C@@](C)(O)C1O. The van der Waals surface area contributed by atoms with Crippen LogP contribution in [0.15, 0.2) is 21.9 Å². The number of aromatic nitrogens is 2. The summed E-state index contributed by atoms with van der Waals surface area (Å²) in [6, 6.07) is 1.03. The number of nitrogens with one attached hydrogen (secondary N) is 3. The molecule has 15 nitrogen and oxygen atoms in total. The Hall–Kier alpha value is -2.39. The molecule has 0 spiro atoms. The first kappa shape index (κ1) is 27.9. The van der Waals surface area contributed by atoms with Gasteiger partial charge in [-0.2, -0.15) is 0 Å². The van der Waals surface area contributed by atoms with Gasteiger partial charge in [0.25, 0.3) is 5.56 Å². The second-order valence-electron chi connectivity index (χ2n) is 7.34. The minimum Gasteiger partial charge on any atom is -0.465 e. The maximum Gasteiger partial charge on any atom is 0.341 e. The van der Waals surface area contributed by atoms with Crippen molar-refractivity contribution in [2.75, 3.05) is 32.9 Å². The Bertz CT molecular complexity index is 998. The minimum atomic E-state index is -4.09. The average molecular weight is 508 g/mol. The average Bonchev–Trinajstić information content (AvgIpc) is 2.99. The highest BCUT2D eigenvalue weighted by Crippen LogP contribution is 2.41. The Balaban J connectivity index is 2.14. The fourth-order valence-electron chi connectivity index (χ4n) is 3.08. The number of H-pyrrole nitrogens is 1. The van der Waals surface area contributed by atoms with Crippen LogP contribution in [0.1, 0.15) is 27.0 Å². The van der Waals surface area contributed by atoms with E-state index in [0.29, 0.717) is 0 Å². The number of nitrogens with zero attached hydrogens (tertiary/aromatic N) is 1. The van der Waals surface area contributed by atoms with Crippen molar-refractivity contribution < 1.29 is 43.1 Å². The van der Waals surface area contributed by atoms with Crippen LogP contribution in [0.3, 0.4) is 0 Å². The van der Waals surface area contributed by atoms with E-state index in [4.69, 9.17) is 18.7 Å². The Kier molecular flexibility index (Phi) is 9.70. The summed E-state index contributed by atoms with van der Waals surface area (Å²) in [5.74, 6) is -1.47. The molecule has 5 N–H and O–H groups in total. The van der Waals surface area contributed by atoms with E-state index in [-0.39, 0.29) is 13.2 Å². The van der Waals surface area contributed by atoms with Crippen molar-refractivity contribution in [3.8, 4) is 0 Å². The first-order valence-electron chi connectivity index (χ1n) is 10.4. The number of aliphatic hydroxyl groups is 2. The highest BCUT2D eigenvalue weighted by molar-refractivity contribution is 7.54. The summed E-state index contributed by atoms with van der Waals surface area (Å²) in [6.45, 7) is 2.91. The molecule has 0 amide bonds. The first-order valence-corrected chi connectivity index (χ1v) is 12.0. The molecule has 1 unspecified atom stereocenters. The first-order chi connectivity index (χ1) is 15.9. The van der Waals surface area contributed by atoms with E-state index in [0.717, 1.165) is 16.8 Å². The van der Waals surface area contributed by atoms with E-state index in [2.05, 4.69) is 10.2 Å². The molecule has 16 heteroatoms. The van der Waals surface area contributed by atoms with Crippen LogP contribution in [-0.4, -0.2) is 82.4 Å². The van der Waals surface area contributed by atoms with Crippen molar-refractivity contribution >= 4 is 19.6 Å². The lowest BCUT2D eigenvalue weighted by molar-refractivity contribution is -0.142. The van der Waals surface area contributed by atoms with Gasteiger partial charge in [-0.3, -0.25) is 28.5 Å². The van der Waals surface area contributed by atoms with Gasteiger partial charge in [0.1, 0.15) is 30.9 Å². The monoisotopic (exact) mass is 508 g/mol. The van der Waals surface area contributed by atoms with Gasteiger partial charge in [0.2, 0.25) is 0 Å². The zero-order valence-corrected chi connectivity index (χ0v) is 19.8. The number of hydrogen-bond acceptors (Lipinski definition) is 11. The van der Waals surface area contributed by atoms with Crippen molar-refractivity contribution in [1.82, 2.24) is 19.7 Å². The molecule has 2 heterocycles. The molecule has 1 fully saturated rings. The Morgan fingerprint density at radius 1 is 1.21 bits per heavy atom. The van der Waals surface area contributed by atoms with Crippen LogP contribution in [0.4, 0.5) is 0 Å². The molecular formula is C18H29N4O11P. The van der Waals surface area contributed by atoms with Crippen LogP contribution in [0.5, 0.6) is 0 Å². The van der Waals surface area contributed by atoms with Crippen molar-refractivity contribution in [3.05, 3.63) is 33.1 Å². The Morgan fingerprint density at radius 3 is 2.26 bits per heavy atom. The standard InChI is InChI=1S/C18H29N4O11P/c1-4-30-13(24)8-19-34(29,20-9-14(25)31-5-2)32-10-11-15(26)18(3,28)16(33-11)22-7-6-12(23)21-17(22)27/h6-7,11,15-16,26,28H,4-5,8-10H2,1-3H3,(H2,19,20,29)(H,21,23,27)/t11-,15?,16-,18+/m1/s1. The fraction of sp³-hybridized carbons (Fsp3) is 0.667. The quantitative estimate of drug-likeness (QED) is 0.153. The number of rotatable bonds is 12. The summed E-state index contributed by atoms with van der Waals surface area (Å²) >= 11 is 0. The Morgan fingerprint density at radius 2 is 1.76 bits per heavy atom. The fourth-order valence-corrected chi connectivity index (χ4v) is 4.40. The van der Waals surface area contributed by atoms with E-state index in [1.165, 1.54) is 6.92 Å². The number of aliphatic hydroxyl groups excluding tert-OH is 1. The molecule has 34 heavy (non-hydrogen) atoms. The van der Waals surface area contributed by atoms with Gasteiger partial charge in [-0.15, -0.1) is 0 Å². The summed E-state index contributed by atoms with van der Waals surface area (Å²) in [6.07, 6.45) is -3.23. The molecule has 1 aromatic rings. The van der Waals surface area contributed by atoms with E-state index in [9.17, 15) is 34.0 Å². The zero-order chi connectivity index (χ0) is 25.5. The summed E-state index contributed by atoms with van der Waals surface area (Å²) in [7, 11) is -4.09. The highest BCUT2D eigenvalue weighted by atomic mass is 31.2. The molecular weight excluding hydrogens is 479 g/mol. The van der Waals surface area contributed by atoms with Crippen LogP contribution < -0.4 is 21.4 Å². The lowest BCUT2D eigenvalue weighted by Gasteiger charge is -2.27. The molecule has 0 saturated carbocycles. The van der Waals surface area contributed by atoms with E-state index in [1.54, 1.807) is 13.8 Å². The molecule has 0 aliphatic carbocycles. The van der Waals surface area contributed by atoms with Crippen LogP contribution in [0, 0.1) is 0 Å².